The Kier molecular flexibility index (Phi) is 3.08. The van der Waals surface area contributed by atoms with Crippen molar-refractivity contribution in [3.05, 3.63) is 28.9 Å². The van der Waals surface area contributed by atoms with Gasteiger partial charge in [-0.15, -0.1) is 0 Å². The molecular formula is C12H10ClF3N4. The summed E-state index contributed by atoms with van der Waals surface area (Å²) in [5, 5.41) is 6.92. The number of para-hydroxylation sites is 1. The van der Waals surface area contributed by atoms with Crippen molar-refractivity contribution >= 4 is 28.3 Å². The summed E-state index contributed by atoms with van der Waals surface area (Å²) in [5.41, 5.74) is -0.647. The van der Waals surface area contributed by atoms with Crippen molar-refractivity contribution in [2.75, 3.05) is 13.1 Å². The van der Waals surface area contributed by atoms with Gasteiger partial charge in [-0.3, -0.25) is 9.67 Å². The van der Waals surface area contributed by atoms with E-state index >= 15 is 0 Å². The number of hydrogen-bond donors (Lipinski definition) is 1. The highest BCUT2D eigenvalue weighted by Gasteiger charge is 2.37. The van der Waals surface area contributed by atoms with Crippen LogP contribution in [0.1, 0.15) is 5.69 Å². The van der Waals surface area contributed by atoms with Crippen LogP contribution in [0.15, 0.2) is 23.2 Å². The van der Waals surface area contributed by atoms with Crippen LogP contribution >= 0.6 is 11.6 Å². The summed E-state index contributed by atoms with van der Waals surface area (Å²) >= 11 is 6.02. The third-order valence-electron chi connectivity index (χ3n) is 3.03. The van der Waals surface area contributed by atoms with Gasteiger partial charge in [0.15, 0.2) is 5.69 Å². The highest BCUT2D eigenvalue weighted by molar-refractivity contribution is 6.35. The first-order valence-electron chi connectivity index (χ1n) is 5.96. The fourth-order valence-corrected chi connectivity index (χ4v) is 2.48. The molecule has 0 saturated heterocycles. The van der Waals surface area contributed by atoms with Crippen molar-refractivity contribution < 1.29 is 13.2 Å². The second-order valence-corrected chi connectivity index (χ2v) is 4.80. The number of fused-ring (bicyclic) bond motifs is 1. The van der Waals surface area contributed by atoms with Gasteiger partial charge >= 0.3 is 6.18 Å². The highest BCUT2D eigenvalue weighted by Crippen LogP contribution is 2.36. The molecule has 3 rings (SSSR count). The van der Waals surface area contributed by atoms with Crippen molar-refractivity contribution in [1.29, 1.82) is 0 Å². The SMILES string of the molecule is FC(F)(F)c1nn(CC2=NCCN2)c2c(Cl)cccc12. The fraction of sp³-hybridized carbons (Fsp3) is 0.333. The molecule has 0 unspecified atom stereocenters. The number of benzene rings is 1. The molecule has 0 aliphatic carbocycles. The number of aromatic nitrogens is 2. The highest BCUT2D eigenvalue weighted by atomic mass is 35.5. The molecular weight excluding hydrogens is 293 g/mol. The number of alkyl halides is 3. The van der Waals surface area contributed by atoms with Crippen LogP contribution < -0.4 is 5.32 Å². The summed E-state index contributed by atoms with van der Waals surface area (Å²) in [4.78, 5) is 4.16. The number of rotatable bonds is 2. The predicted octanol–water partition coefficient (Wildman–Crippen LogP) is 2.71. The van der Waals surface area contributed by atoms with Gasteiger partial charge in [0.2, 0.25) is 0 Å². The Labute approximate surface area is 117 Å². The number of halogens is 4. The van der Waals surface area contributed by atoms with E-state index in [4.69, 9.17) is 11.6 Å². The Hall–Kier alpha value is -1.76. The van der Waals surface area contributed by atoms with Gasteiger partial charge in [0.1, 0.15) is 5.84 Å². The van der Waals surface area contributed by atoms with E-state index in [0.717, 1.165) is 0 Å². The molecule has 0 fully saturated rings. The smallest absolute Gasteiger partial charge is 0.370 e. The predicted molar refractivity (Wildman–Crippen MR) is 70.0 cm³/mol. The Bertz CT molecular complexity index is 690. The molecule has 0 bridgehead atoms. The molecule has 0 saturated carbocycles. The summed E-state index contributed by atoms with van der Waals surface area (Å²) < 4.78 is 40.3. The molecule has 2 aromatic rings. The maximum atomic E-state index is 13.0. The van der Waals surface area contributed by atoms with E-state index in [0.29, 0.717) is 18.9 Å². The molecule has 4 nitrogen and oxygen atoms in total. The fourth-order valence-electron chi connectivity index (χ4n) is 2.21. The van der Waals surface area contributed by atoms with E-state index in [1.165, 1.54) is 16.8 Å². The molecule has 0 spiro atoms. The molecule has 0 radical (unpaired) electrons. The van der Waals surface area contributed by atoms with Gasteiger partial charge in [-0.05, 0) is 6.07 Å². The van der Waals surface area contributed by atoms with Crippen LogP contribution in [0, 0.1) is 0 Å². The van der Waals surface area contributed by atoms with E-state index < -0.39 is 11.9 Å². The zero-order chi connectivity index (χ0) is 14.3. The quantitative estimate of drug-likeness (QED) is 0.927. The molecule has 106 valence electrons. The summed E-state index contributed by atoms with van der Waals surface area (Å²) in [6.45, 7) is 1.46. The van der Waals surface area contributed by atoms with Gasteiger partial charge < -0.3 is 5.32 Å². The molecule has 1 aliphatic heterocycles. The van der Waals surface area contributed by atoms with Gasteiger partial charge in [0, 0.05) is 11.9 Å². The maximum Gasteiger partial charge on any atom is 0.435 e. The van der Waals surface area contributed by atoms with Crippen molar-refractivity contribution in [2.45, 2.75) is 12.7 Å². The Morgan fingerprint density at radius 3 is 2.80 bits per heavy atom. The Morgan fingerprint density at radius 2 is 2.15 bits per heavy atom. The van der Waals surface area contributed by atoms with Crippen molar-refractivity contribution in [3.8, 4) is 0 Å². The first kappa shape index (κ1) is 13.2. The standard InChI is InChI=1S/C12H10ClF3N4/c13-8-3-1-2-7-10(8)20(6-9-17-4-5-18-9)19-11(7)12(14,15)16/h1-3H,4-6H2,(H,17,18). The van der Waals surface area contributed by atoms with Crippen LogP contribution in [0.3, 0.4) is 0 Å². The van der Waals surface area contributed by atoms with E-state index in [2.05, 4.69) is 15.4 Å². The second-order valence-electron chi connectivity index (χ2n) is 4.40. The monoisotopic (exact) mass is 302 g/mol. The van der Waals surface area contributed by atoms with Gasteiger partial charge in [-0.1, -0.05) is 23.7 Å². The molecule has 20 heavy (non-hydrogen) atoms. The minimum Gasteiger partial charge on any atom is -0.370 e. The van der Waals surface area contributed by atoms with Crippen LogP contribution in [0.4, 0.5) is 13.2 Å². The largest absolute Gasteiger partial charge is 0.435 e. The first-order valence-corrected chi connectivity index (χ1v) is 6.34. The van der Waals surface area contributed by atoms with Crippen LogP contribution in [0.2, 0.25) is 5.02 Å². The Morgan fingerprint density at radius 1 is 1.35 bits per heavy atom. The molecule has 1 aromatic carbocycles. The van der Waals surface area contributed by atoms with Gasteiger partial charge in [0.05, 0.1) is 23.6 Å². The number of aliphatic imine (C=N–C) groups is 1. The third-order valence-corrected chi connectivity index (χ3v) is 3.34. The van der Waals surface area contributed by atoms with Crippen LogP contribution in [-0.4, -0.2) is 28.7 Å². The molecule has 2 heterocycles. The van der Waals surface area contributed by atoms with Crippen LogP contribution in [0.25, 0.3) is 10.9 Å². The minimum atomic E-state index is -4.51. The molecule has 0 atom stereocenters. The number of amidine groups is 1. The molecule has 1 N–H and O–H groups in total. The zero-order valence-corrected chi connectivity index (χ0v) is 11.0. The topological polar surface area (TPSA) is 42.2 Å². The zero-order valence-electron chi connectivity index (χ0n) is 10.2. The summed E-state index contributed by atoms with van der Waals surface area (Å²) in [7, 11) is 0. The summed E-state index contributed by atoms with van der Waals surface area (Å²) in [6, 6.07) is 4.40. The van der Waals surface area contributed by atoms with E-state index in [1.807, 2.05) is 0 Å². The van der Waals surface area contributed by atoms with Crippen LogP contribution in [0.5, 0.6) is 0 Å². The van der Waals surface area contributed by atoms with Crippen LogP contribution in [-0.2, 0) is 12.7 Å². The third kappa shape index (κ3) is 2.22. The molecule has 8 heteroatoms. The molecule has 1 aromatic heterocycles. The minimum absolute atomic E-state index is 0.00333. The average Bonchev–Trinajstić information content (AvgIpc) is 2.97. The van der Waals surface area contributed by atoms with Gasteiger partial charge in [-0.2, -0.15) is 18.3 Å². The maximum absolute atomic E-state index is 13.0. The van der Waals surface area contributed by atoms with Gasteiger partial charge in [-0.25, -0.2) is 0 Å². The van der Waals surface area contributed by atoms with Crippen molar-refractivity contribution in [2.24, 2.45) is 4.99 Å². The first-order chi connectivity index (χ1) is 9.47. The molecule has 1 aliphatic rings. The summed E-state index contributed by atoms with van der Waals surface area (Å²) in [6.07, 6.45) is -4.51. The van der Waals surface area contributed by atoms with Gasteiger partial charge in [0.25, 0.3) is 0 Å². The lowest BCUT2D eigenvalue weighted by molar-refractivity contribution is -0.140. The van der Waals surface area contributed by atoms with E-state index in [-0.39, 0.29) is 22.5 Å². The van der Waals surface area contributed by atoms with Crippen molar-refractivity contribution in [3.63, 3.8) is 0 Å². The number of nitrogens with zero attached hydrogens (tertiary/aromatic N) is 3. The van der Waals surface area contributed by atoms with Crippen molar-refractivity contribution in [1.82, 2.24) is 15.1 Å². The summed E-state index contributed by atoms with van der Waals surface area (Å²) in [5.74, 6) is 0.614. The lowest BCUT2D eigenvalue weighted by Gasteiger charge is -2.05. The Balaban J connectivity index is 2.16. The lowest BCUT2D eigenvalue weighted by atomic mass is 10.2. The number of nitrogens with one attached hydrogen (secondary N) is 1. The molecule has 0 amide bonds. The lowest BCUT2D eigenvalue weighted by Crippen LogP contribution is -2.24. The van der Waals surface area contributed by atoms with E-state index in [9.17, 15) is 13.2 Å². The average molecular weight is 303 g/mol. The second kappa shape index (κ2) is 4.66. The number of hydrogen-bond acceptors (Lipinski definition) is 3. The normalized spacial score (nSPS) is 15.5. The van der Waals surface area contributed by atoms with E-state index in [1.54, 1.807) is 6.07 Å².